The lowest BCUT2D eigenvalue weighted by Gasteiger charge is -2.10. The van der Waals surface area contributed by atoms with Crippen molar-refractivity contribution in [2.75, 3.05) is 0 Å². The molecule has 2 aromatic heterocycles. The van der Waals surface area contributed by atoms with Crippen molar-refractivity contribution in [2.24, 2.45) is 0 Å². The Kier molecular flexibility index (Phi) is 3.38. The molecule has 0 bridgehead atoms. The number of hydrogen-bond acceptors (Lipinski definition) is 5. The zero-order valence-corrected chi connectivity index (χ0v) is 11.1. The summed E-state index contributed by atoms with van der Waals surface area (Å²) in [4.78, 5) is 8.10. The maximum atomic E-state index is 12.4. The van der Waals surface area contributed by atoms with E-state index in [1.165, 1.54) is 17.4 Å². The van der Waals surface area contributed by atoms with Gasteiger partial charge in [0.05, 0.1) is 5.39 Å². The largest absolute Gasteiger partial charge is 0.574 e. The minimum Gasteiger partial charge on any atom is -0.424 e. The van der Waals surface area contributed by atoms with Crippen LogP contribution in [0.25, 0.3) is 10.2 Å². The first-order chi connectivity index (χ1) is 10.0. The molecule has 1 aromatic carbocycles. The zero-order valence-electron chi connectivity index (χ0n) is 10.3. The molecular weight excluding hydrogens is 305 g/mol. The smallest absolute Gasteiger partial charge is 0.424 e. The molecule has 3 aromatic rings. The van der Waals surface area contributed by atoms with E-state index in [9.17, 15) is 13.2 Å². The normalized spacial score (nSPS) is 11.6. The van der Waals surface area contributed by atoms with Gasteiger partial charge in [-0.15, -0.1) is 24.5 Å². The Morgan fingerprint density at radius 3 is 2.48 bits per heavy atom. The van der Waals surface area contributed by atoms with Crippen molar-refractivity contribution in [3.63, 3.8) is 0 Å². The summed E-state index contributed by atoms with van der Waals surface area (Å²) in [6.45, 7) is 0. The molecule has 0 saturated carbocycles. The Bertz CT molecular complexity index is 759. The summed E-state index contributed by atoms with van der Waals surface area (Å²) in [5.41, 5.74) is 0. The quantitative estimate of drug-likeness (QED) is 0.720. The Hall–Kier alpha value is -2.35. The van der Waals surface area contributed by atoms with Gasteiger partial charge in [-0.05, 0) is 23.6 Å². The number of alkyl halides is 3. The molecule has 0 fully saturated rings. The summed E-state index contributed by atoms with van der Waals surface area (Å²) in [5.74, 6) is -0.147. The van der Waals surface area contributed by atoms with E-state index in [0.717, 1.165) is 0 Å². The van der Waals surface area contributed by atoms with Crippen LogP contribution in [0.15, 0.2) is 41.8 Å². The number of fused-ring (bicyclic) bond motifs is 1. The average molecular weight is 312 g/mol. The predicted molar refractivity (Wildman–Crippen MR) is 70.6 cm³/mol. The minimum atomic E-state index is -4.83. The van der Waals surface area contributed by atoms with E-state index >= 15 is 0 Å². The molecule has 0 spiro atoms. The first kappa shape index (κ1) is 13.6. The molecule has 0 atom stereocenters. The Morgan fingerprint density at radius 2 is 1.76 bits per heavy atom. The highest BCUT2D eigenvalue weighted by molar-refractivity contribution is 7.16. The van der Waals surface area contributed by atoms with Crippen LogP contribution in [0.2, 0.25) is 0 Å². The van der Waals surface area contributed by atoms with Crippen molar-refractivity contribution in [1.82, 2.24) is 9.97 Å². The Morgan fingerprint density at radius 1 is 1.00 bits per heavy atom. The van der Waals surface area contributed by atoms with Crippen LogP contribution in [0.1, 0.15) is 0 Å². The first-order valence-electron chi connectivity index (χ1n) is 5.75. The van der Waals surface area contributed by atoms with Crippen molar-refractivity contribution >= 4 is 21.6 Å². The number of para-hydroxylation sites is 1. The molecule has 3 rings (SSSR count). The van der Waals surface area contributed by atoms with Crippen molar-refractivity contribution in [1.29, 1.82) is 0 Å². The zero-order chi connectivity index (χ0) is 14.9. The number of halogens is 3. The van der Waals surface area contributed by atoms with E-state index in [4.69, 9.17) is 4.74 Å². The van der Waals surface area contributed by atoms with Gasteiger partial charge in [0, 0.05) is 0 Å². The van der Waals surface area contributed by atoms with Gasteiger partial charge in [-0.25, -0.2) is 0 Å². The van der Waals surface area contributed by atoms with Gasteiger partial charge >= 0.3 is 12.4 Å². The van der Waals surface area contributed by atoms with E-state index in [0.29, 0.717) is 10.6 Å². The molecule has 21 heavy (non-hydrogen) atoms. The van der Waals surface area contributed by atoms with Crippen LogP contribution in [-0.2, 0) is 0 Å². The van der Waals surface area contributed by atoms with E-state index in [2.05, 4.69) is 14.7 Å². The van der Waals surface area contributed by atoms with Gasteiger partial charge in [-0.2, -0.15) is 9.97 Å². The van der Waals surface area contributed by atoms with Gasteiger partial charge in [0.1, 0.15) is 10.6 Å². The maximum Gasteiger partial charge on any atom is 0.574 e. The van der Waals surface area contributed by atoms with Crippen LogP contribution < -0.4 is 9.47 Å². The van der Waals surface area contributed by atoms with Crippen LogP contribution in [0.3, 0.4) is 0 Å². The van der Waals surface area contributed by atoms with E-state index < -0.39 is 12.2 Å². The number of hydrogen-bond donors (Lipinski definition) is 0. The van der Waals surface area contributed by atoms with E-state index in [1.807, 2.05) is 0 Å². The van der Waals surface area contributed by atoms with E-state index in [-0.39, 0.29) is 11.4 Å². The predicted octanol–water partition coefficient (Wildman–Crippen LogP) is 4.38. The third kappa shape index (κ3) is 3.22. The van der Waals surface area contributed by atoms with Crippen LogP contribution in [0.4, 0.5) is 13.2 Å². The maximum absolute atomic E-state index is 12.4. The number of nitrogens with zero attached hydrogens (tertiary/aromatic N) is 2. The number of ether oxygens (including phenoxy) is 2. The fourth-order valence-corrected chi connectivity index (χ4v) is 2.38. The number of aromatic nitrogens is 2. The van der Waals surface area contributed by atoms with Gasteiger partial charge in [-0.1, -0.05) is 18.2 Å². The third-order valence-corrected chi connectivity index (χ3v) is 3.24. The lowest BCUT2D eigenvalue weighted by atomic mass is 10.3. The van der Waals surface area contributed by atoms with Crippen molar-refractivity contribution in [3.05, 3.63) is 41.8 Å². The van der Waals surface area contributed by atoms with Gasteiger partial charge in [0.25, 0.3) is 0 Å². The van der Waals surface area contributed by atoms with Crippen LogP contribution >= 0.6 is 11.3 Å². The van der Waals surface area contributed by atoms with Crippen molar-refractivity contribution < 1.29 is 22.6 Å². The van der Waals surface area contributed by atoms with Crippen LogP contribution in [0.5, 0.6) is 17.6 Å². The Labute approximate surface area is 120 Å². The molecule has 0 aliphatic heterocycles. The molecule has 2 heterocycles. The molecule has 8 heteroatoms. The molecule has 0 aliphatic rings. The summed E-state index contributed by atoms with van der Waals surface area (Å²) in [6, 6.07) is 9.80. The third-order valence-electron chi connectivity index (χ3n) is 2.43. The minimum absolute atomic E-state index is 0.192. The molecule has 0 amide bonds. The molecule has 0 aliphatic carbocycles. The molecule has 0 unspecified atom stereocenters. The SMILES string of the molecule is FC(F)(F)Oc1nc(Oc2ccccc2)nc2sccc12. The second kappa shape index (κ2) is 5.21. The monoisotopic (exact) mass is 312 g/mol. The van der Waals surface area contributed by atoms with Crippen LogP contribution in [0, 0.1) is 0 Å². The number of benzene rings is 1. The highest BCUT2D eigenvalue weighted by Gasteiger charge is 2.33. The topological polar surface area (TPSA) is 44.2 Å². The number of rotatable bonds is 3. The number of thiophene rings is 1. The standard InChI is InChI=1S/C13H7F3N2O2S/c14-13(15,16)20-10-9-6-7-21-11(9)18-12(17-10)19-8-4-2-1-3-5-8/h1-7H. The van der Waals surface area contributed by atoms with E-state index in [1.54, 1.807) is 35.7 Å². The summed E-state index contributed by atoms with van der Waals surface area (Å²) < 4.78 is 46.5. The second-order valence-electron chi connectivity index (χ2n) is 3.91. The summed E-state index contributed by atoms with van der Waals surface area (Å²) in [6.07, 6.45) is -4.83. The average Bonchev–Trinajstić information content (AvgIpc) is 2.86. The molecule has 108 valence electrons. The van der Waals surface area contributed by atoms with Crippen molar-refractivity contribution in [3.8, 4) is 17.6 Å². The fraction of sp³-hybridized carbons (Fsp3) is 0.0769. The lowest BCUT2D eigenvalue weighted by molar-refractivity contribution is -0.275. The Balaban J connectivity index is 2.00. The van der Waals surface area contributed by atoms with Crippen LogP contribution in [-0.4, -0.2) is 16.3 Å². The van der Waals surface area contributed by atoms with Gasteiger partial charge < -0.3 is 9.47 Å². The van der Waals surface area contributed by atoms with Crippen molar-refractivity contribution in [2.45, 2.75) is 6.36 Å². The van der Waals surface area contributed by atoms with Gasteiger partial charge in [0.2, 0.25) is 5.88 Å². The second-order valence-corrected chi connectivity index (χ2v) is 4.81. The summed E-state index contributed by atoms with van der Waals surface area (Å²) in [7, 11) is 0. The summed E-state index contributed by atoms with van der Waals surface area (Å²) >= 11 is 1.17. The molecule has 0 radical (unpaired) electrons. The molecule has 0 saturated heterocycles. The molecule has 4 nitrogen and oxygen atoms in total. The summed E-state index contributed by atoms with van der Waals surface area (Å²) in [5, 5.41) is 1.80. The molecular formula is C13H7F3N2O2S. The first-order valence-corrected chi connectivity index (χ1v) is 6.63. The van der Waals surface area contributed by atoms with Gasteiger partial charge in [-0.3, -0.25) is 0 Å². The highest BCUT2D eigenvalue weighted by Crippen LogP contribution is 2.33. The van der Waals surface area contributed by atoms with Gasteiger partial charge in [0.15, 0.2) is 0 Å². The molecule has 0 N–H and O–H groups in total. The lowest BCUT2D eigenvalue weighted by Crippen LogP contribution is -2.18. The fourth-order valence-electron chi connectivity index (χ4n) is 1.64. The highest BCUT2D eigenvalue weighted by atomic mass is 32.1.